The summed E-state index contributed by atoms with van der Waals surface area (Å²) in [6.07, 6.45) is 2.88. The van der Waals surface area contributed by atoms with Crippen LogP contribution in [0.15, 0.2) is 30.3 Å². The van der Waals surface area contributed by atoms with Crippen molar-refractivity contribution in [1.82, 2.24) is 9.97 Å². The lowest BCUT2D eigenvalue weighted by Gasteiger charge is -2.17. The minimum atomic E-state index is 0.333. The number of rotatable bonds is 6. The molecule has 0 aliphatic rings. The number of nitrogens with zero attached hydrogens (tertiary/aromatic N) is 2. The number of aromatic nitrogens is 2. The summed E-state index contributed by atoms with van der Waals surface area (Å²) in [6, 6.07) is 10.9. The maximum Gasteiger partial charge on any atom is 0.137 e. The van der Waals surface area contributed by atoms with E-state index >= 15 is 0 Å². The minimum absolute atomic E-state index is 0.333. The zero-order chi connectivity index (χ0) is 15.2. The lowest BCUT2D eigenvalue weighted by Crippen LogP contribution is -2.18. The molecule has 0 radical (unpaired) electrons. The fraction of sp³-hybridized carbons (Fsp3) is 0.412. The first kappa shape index (κ1) is 15.8. The maximum absolute atomic E-state index is 6.16. The fourth-order valence-electron chi connectivity index (χ4n) is 2.16. The SMILES string of the molecule is CCc1nc(Cl)c(C)c(NC(C)CCc2ccccc2)n1. The summed E-state index contributed by atoms with van der Waals surface area (Å²) in [5.41, 5.74) is 2.28. The third-order valence-electron chi connectivity index (χ3n) is 3.54. The van der Waals surface area contributed by atoms with Gasteiger partial charge >= 0.3 is 0 Å². The van der Waals surface area contributed by atoms with E-state index in [4.69, 9.17) is 11.6 Å². The maximum atomic E-state index is 6.16. The highest BCUT2D eigenvalue weighted by Crippen LogP contribution is 2.21. The lowest BCUT2D eigenvalue weighted by atomic mass is 10.1. The Hall–Kier alpha value is -1.61. The van der Waals surface area contributed by atoms with Gasteiger partial charge in [0.2, 0.25) is 0 Å². The van der Waals surface area contributed by atoms with Crippen LogP contribution in [0.4, 0.5) is 5.82 Å². The van der Waals surface area contributed by atoms with Crippen molar-refractivity contribution in [3.8, 4) is 0 Å². The molecule has 2 rings (SSSR count). The molecule has 0 aliphatic heterocycles. The lowest BCUT2D eigenvalue weighted by molar-refractivity contribution is 0.700. The molecule has 0 saturated heterocycles. The van der Waals surface area contributed by atoms with Crippen molar-refractivity contribution in [3.63, 3.8) is 0 Å². The molecule has 21 heavy (non-hydrogen) atoms. The van der Waals surface area contributed by atoms with E-state index in [1.54, 1.807) is 0 Å². The number of anilines is 1. The first-order valence-corrected chi connectivity index (χ1v) is 7.81. The average Bonchev–Trinajstić information content (AvgIpc) is 2.50. The Kier molecular flexibility index (Phi) is 5.57. The first-order chi connectivity index (χ1) is 10.1. The van der Waals surface area contributed by atoms with E-state index in [1.807, 2.05) is 19.9 Å². The largest absolute Gasteiger partial charge is 0.367 e. The van der Waals surface area contributed by atoms with E-state index in [0.717, 1.165) is 36.5 Å². The Labute approximate surface area is 131 Å². The zero-order valence-corrected chi connectivity index (χ0v) is 13.6. The highest BCUT2D eigenvalue weighted by Gasteiger charge is 2.11. The van der Waals surface area contributed by atoms with Gasteiger partial charge in [-0.1, -0.05) is 48.9 Å². The Balaban J connectivity index is 1.99. The number of benzene rings is 1. The molecule has 3 nitrogen and oxygen atoms in total. The molecule has 0 aliphatic carbocycles. The van der Waals surface area contributed by atoms with E-state index < -0.39 is 0 Å². The van der Waals surface area contributed by atoms with Crippen molar-refractivity contribution >= 4 is 17.4 Å². The van der Waals surface area contributed by atoms with Crippen molar-refractivity contribution < 1.29 is 0 Å². The van der Waals surface area contributed by atoms with Gasteiger partial charge in [0.1, 0.15) is 16.8 Å². The van der Waals surface area contributed by atoms with Crippen molar-refractivity contribution in [2.45, 2.75) is 46.1 Å². The molecule has 0 saturated carbocycles. The topological polar surface area (TPSA) is 37.8 Å². The molecule has 1 unspecified atom stereocenters. The quantitative estimate of drug-likeness (QED) is 0.802. The van der Waals surface area contributed by atoms with Crippen molar-refractivity contribution in [2.24, 2.45) is 0 Å². The predicted octanol–water partition coefficient (Wildman–Crippen LogP) is 4.43. The number of hydrogen-bond donors (Lipinski definition) is 1. The van der Waals surface area contributed by atoms with Crippen molar-refractivity contribution in [2.75, 3.05) is 5.32 Å². The predicted molar refractivity (Wildman–Crippen MR) is 89.0 cm³/mol. The van der Waals surface area contributed by atoms with Gasteiger partial charge in [-0.25, -0.2) is 9.97 Å². The fourth-order valence-corrected chi connectivity index (χ4v) is 2.35. The van der Waals surface area contributed by atoms with Gasteiger partial charge in [-0.15, -0.1) is 0 Å². The summed E-state index contributed by atoms with van der Waals surface area (Å²) in [5, 5.41) is 4.00. The van der Waals surface area contributed by atoms with Crippen LogP contribution in [0.2, 0.25) is 5.15 Å². The highest BCUT2D eigenvalue weighted by atomic mass is 35.5. The second kappa shape index (κ2) is 7.41. The summed E-state index contributed by atoms with van der Waals surface area (Å²) in [7, 11) is 0. The Morgan fingerprint density at radius 2 is 1.90 bits per heavy atom. The van der Waals surface area contributed by atoms with Crippen LogP contribution < -0.4 is 5.32 Å². The van der Waals surface area contributed by atoms with Gasteiger partial charge in [-0.3, -0.25) is 0 Å². The summed E-state index contributed by atoms with van der Waals surface area (Å²) in [5.74, 6) is 1.63. The molecule has 0 spiro atoms. The van der Waals surface area contributed by atoms with E-state index in [-0.39, 0.29) is 0 Å². The van der Waals surface area contributed by atoms with Gasteiger partial charge in [0.15, 0.2) is 0 Å². The van der Waals surface area contributed by atoms with Crippen LogP contribution in [0.25, 0.3) is 0 Å². The van der Waals surface area contributed by atoms with Crippen LogP contribution in [0, 0.1) is 6.92 Å². The molecular formula is C17H22ClN3. The van der Waals surface area contributed by atoms with Crippen LogP contribution in [0.5, 0.6) is 0 Å². The van der Waals surface area contributed by atoms with Gasteiger partial charge in [0.05, 0.1) is 0 Å². The molecule has 1 N–H and O–H groups in total. The molecule has 4 heteroatoms. The second-order valence-electron chi connectivity index (χ2n) is 5.33. The van der Waals surface area contributed by atoms with Gasteiger partial charge in [0.25, 0.3) is 0 Å². The van der Waals surface area contributed by atoms with E-state index in [0.29, 0.717) is 11.2 Å². The van der Waals surface area contributed by atoms with Crippen LogP contribution in [0.3, 0.4) is 0 Å². The molecule has 1 atom stereocenters. The van der Waals surface area contributed by atoms with Gasteiger partial charge < -0.3 is 5.32 Å². The van der Waals surface area contributed by atoms with Gasteiger partial charge in [0, 0.05) is 18.0 Å². The Morgan fingerprint density at radius 3 is 2.57 bits per heavy atom. The molecule has 0 bridgehead atoms. The molecule has 112 valence electrons. The van der Waals surface area contributed by atoms with E-state index in [1.165, 1.54) is 5.56 Å². The smallest absolute Gasteiger partial charge is 0.137 e. The molecule has 1 aromatic carbocycles. The summed E-state index contributed by atoms with van der Waals surface area (Å²) in [4.78, 5) is 8.81. The molecule has 2 aromatic rings. The van der Waals surface area contributed by atoms with Gasteiger partial charge in [-0.2, -0.15) is 0 Å². The van der Waals surface area contributed by atoms with Crippen LogP contribution in [-0.2, 0) is 12.8 Å². The highest BCUT2D eigenvalue weighted by molar-refractivity contribution is 6.30. The zero-order valence-electron chi connectivity index (χ0n) is 12.9. The van der Waals surface area contributed by atoms with E-state index in [9.17, 15) is 0 Å². The van der Waals surface area contributed by atoms with Crippen molar-refractivity contribution in [3.05, 3.63) is 52.4 Å². The molecule has 1 heterocycles. The monoisotopic (exact) mass is 303 g/mol. The van der Waals surface area contributed by atoms with Crippen LogP contribution in [-0.4, -0.2) is 16.0 Å². The van der Waals surface area contributed by atoms with E-state index in [2.05, 4.69) is 46.5 Å². The number of hydrogen-bond acceptors (Lipinski definition) is 3. The summed E-state index contributed by atoms with van der Waals surface area (Å²) >= 11 is 6.16. The normalized spacial score (nSPS) is 12.2. The number of aryl methyl sites for hydroxylation is 2. The first-order valence-electron chi connectivity index (χ1n) is 7.43. The van der Waals surface area contributed by atoms with Crippen LogP contribution >= 0.6 is 11.6 Å². The third kappa shape index (κ3) is 4.43. The Bertz CT molecular complexity index is 584. The minimum Gasteiger partial charge on any atom is -0.367 e. The summed E-state index contributed by atoms with van der Waals surface area (Å²) in [6.45, 7) is 6.15. The Morgan fingerprint density at radius 1 is 1.19 bits per heavy atom. The average molecular weight is 304 g/mol. The van der Waals surface area contributed by atoms with Crippen molar-refractivity contribution in [1.29, 1.82) is 0 Å². The number of nitrogens with one attached hydrogen (secondary N) is 1. The third-order valence-corrected chi connectivity index (χ3v) is 3.91. The van der Waals surface area contributed by atoms with Gasteiger partial charge in [-0.05, 0) is 32.3 Å². The molecule has 1 aromatic heterocycles. The second-order valence-corrected chi connectivity index (χ2v) is 5.69. The summed E-state index contributed by atoms with van der Waals surface area (Å²) < 4.78 is 0. The number of halogens is 1. The standard InChI is InChI=1S/C17H22ClN3/c1-4-15-20-16(18)13(3)17(21-15)19-12(2)10-11-14-8-6-5-7-9-14/h5-9,12H,4,10-11H2,1-3H3,(H,19,20,21). The molecular weight excluding hydrogens is 282 g/mol. The van der Waals surface area contributed by atoms with Crippen LogP contribution in [0.1, 0.15) is 37.2 Å². The molecule has 0 fully saturated rings. The molecule has 0 amide bonds.